The maximum absolute atomic E-state index is 12.9. The average molecular weight is 207 g/mol. The molecule has 0 radical (unpaired) electrons. The summed E-state index contributed by atoms with van der Waals surface area (Å²) in [5.74, 6) is -2.00. The van der Waals surface area contributed by atoms with Gasteiger partial charge in [0.05, 0.1) is 0 Å². The van der Waals surface area contributed by atoms with Crippen LogP contribution in [0.1, 0.15) is 5.56 Å². The monoisotopic (exact) mass is 207 g/mol. The molecule has 0 unspecified atom stereocenters. The Bertz CT molecular complexity index is 419. The van der Waals surface area contributed by atoms with Gasteiger partial charge in [-0.15, -0.1) is 0 Å². The average Bonchev–Trinajstić information content (AvgIpc) is 1.78. The van der Waals surface area contributed by atoms with Crippen LogP contribution in [0.2, 0.25) is 0 Å². The van der Waals surface area contributed by atoms with Crippen LogP contribution in [-0.4, -0.2) is 8.42 Å². The van der Waals surface area contributed by atoms with Crippen LogP contribution >= 0.6 is 0 Å². The highest BCUT2D eigenvalue weighted by molar-refractivity contribution is 7.89. The molecular weight excluding hydrogens is 200 g/mol. The molecule has 0 amide bonds. The molecule has 0 saturated heterocycles. The Hall–Kier alpha value is -1.01. The van der Waals surface area contributed by atoms with E-state index in [0.29, 0.717) is 6.07 Å². The summed E-state index contributed by atoms with van der Waals surface area (Å²) in [6.07, 6.45) is 0. The molecule has 6 heteroatoms. The van der Waals surface area contributed by atoms with Crippen molar-refractivity contribution in [1.82, 2.24) is 0 Å². The SMILES string of the molecule is Cc1cc(F)cc(F)c1S(N)(=O)=O. The number of benzene rings is 1. The van der Waals surface area contributed by atoms with Crippen LogP contribution in [0, 0.1) is 18.6 Å². The molecule has 0 aliphatic carbocycles. The fraction of sp³-hybridized carbons (Fsp3) is 0.143. The lowest BCUT2D eigenvalue weighted by Gasteiger charge is -2.04. The van der Waals surface area contributed by atoms with Gasteiger partial charge in [0.15, 0.2) is 0 Å². The molecule has 0 spiro atoms. The van der Waals surface area contributed by atoms with Crippen molar-refractivity contribution in [1.29, 1.82) is 0 Å². The van der Waals surface area contributed by atoms with Gasteiger partial charge in [-0.3, -0.25) is 0 Å². The number of aryl methyl sites for hydroxylation is 1. The third-order valence-corrected chi connectivity index (χ3v) is 2.56. The summed E-state index contributed by atoms with van der Waals surface area (Å²) in [7, 11) is -4.12. The molecule has 1 aromatic carbocycles. The number of nitrogens with two attached hydrogens (primary N) is 1. The number of primary sulfonamides is 1. The van der Waals surface area contributed by atoms with Crippen LogP contribution in [0.15, 0.2) is 17.0 Å². The molecule has 0 aliphatic heterocycles. The molecule has 1 rings (SSSR count). The van der Waals surface area contributed by atoms with Crippen molar-refractivity contribution in [3.63, 3.8) is 0 Å². The lowest BCUT2D eigenvalue weighted by molar-refractivity contribution is 0.546. The second-order valence-corrected chi connectivity index (χ2v) is 4.08. The minimum absolute atomic E-state index is 0.0417. The summed E-state index contributed by atoms with van der Waals surface area (Å²) in [6, 6.07) is 1.38. The van der Waals surface area contributed by atoms with E-state index in [-0.39, 0.29) is 5.56 Å². The topological polar surface area (TPSA) is 60.2 Å². The van der Waals surface area contributed by atoms with Crippen molar-refractivity contribution >= 4 is 10.0 Å². The van der Waals surface area contributed by atoms with Crippen LogP contribution in [0.3, 0.4) is 0 Å². The minimum Gasteiger partial charge on any atom is -0.225 e. The predicted molar refractivity (Wildman–Crippen MR) is 42.5 cm³/mol. The van der Waals surface area contributed by atoms with Crippen molar-refractivity contribution in [3.05, 3.63) is 29.3 Å². The molecule has 2 N–H and O–H groups in total. The highest BCUT2D eigenvalue weighted by Gasteiger charge is 2.18. The predicted octanol–water partition coefficient (Wildman–Crippen LogP) is 0.921. The van der Waals surface area contributed by atoms with Gasteiger partial charge in [-0.05, 0) is 18.6 Å². The third-order valence-electron chi connectivity index (χ3n) is 1.48. The largest absolute Gasteiger partial charge is 0.241 e. The summed E-state index contributed by atoms with van der Waals surface area (Å²) in [5, 5.41) is 4.72. The van der Waals surface area contributed by atoms with E-state index in [4.69, 9.17) is 5.14 Å². The van der Waals surface area contributed by atoms with Gasteiger partial charge in [-0.1, -0.05) is 0 Å². The number of sulfonamides is 1. The zero-order chi connectivity index (χ0) is 10.2. The second-order valence-electron chi connectivity index (χ2n) is 2.58. The Labute approximate surface area is 74.2 Å². The quantitative estimate of drug-likeness (QED) is 0.744. The number of hydrogen-bond donors (Lipinski definition) is 1. The lowest BCUT2D eigenvalue weighted by atomic mass is 10.2. The molecule has 0 atom stereocenters. The van der Waals surface area contributed by atoms with Crippen LogP contribution in [0.25, 0.3) is 0 Å². The van der Waals surface area contributed by atoms with Gasteiger partial charge >= 0.3 is 0 Å². The van der Waals surface area contributed by atoms with Gasteiger partial charge in [-0.25, -0.2) is 22.3 Å². The first-order chi connectivity index (χ1) is 5.82. The Morgan fingerprint density at radius 3 is 2.23 bits per heavy atom. The first-order valence-electron chi connectivity index (χ1n) is 3.31. The molecule has 72 valence electrons. The summed E-state index contributed by atoms with van der Waals surface area (Å²) >= 11 is 0. The third kappa shape index (κ3) is 2.02. The van der Waals surface area contributed by atoms with Crippen LogP contribution in [0.4, 0.5) is 8.78 Å². The Morgan fingerprint density at radius 1 is 1.31 bits per heavy atom. The van der Waals surface area contributed by atoms with E-state index in [1.54, 1.807) is 0 Å². The van der Waals surface area contributed by atoms with E-state index in [9.17, 15) is 17.2 Å². The maximum Gasteiger partial charge on any atom is 0.241 e. The standard InChI is InChI=1S/C7H7F2NO2S/c1-4-2-5(8)3-6(9)7(4)13(10,11)12/h2-3H,1H3,(H2,10,11,12). The maximum atomic E-state index is 12.9. The summed E-state index contributed by atoms with van der Waals surface area (Å²) < 4.78 is 47.0. The van der Waals surface area contributed by atoms with Crippen LogP contribution < -0.4 is 5.14 Å². The number of hydrogen-bond acceptors (Lipinski definition) is 2. The van der Waals surface area contributed by atoms with Crippen molar-refractivity contribution in [2.75, 3.05) is 0 Å². The van der Waals surface area contributed by atoms with Crippen molar-refractivity contribution in [2.24, 2.45) is 5.14 Å². The van der Waals surface area contributed by atoms with E-state index >= 15 is 0 Å². The molecule has 0 bridgehead atoms. The van der Waals surface area contributed by atoms with Crippen molar-refractivity contribution in [2.45, 2.75) is 11.8 Å². The van der Waals surface area contributed by atoms with Gasteiger partial charge in [-0.2, -0.15) is 0 Å². The Kier molecular flexibility index (Phi) is 2.36. The van der Waals surface area contributed by atoms with Crippen molar-refractivity contribution in [3.8, 4) is 0 Å². The Balaban J connectivity index is 3.57. The first-order valence-corrected chi connectivity index (χ1v) is 4.85. The zero-order valence-electron chi connectivity index (χ0n) is 6.71. The fourth-order valence-electron chi connectivity index (χ4n) is 1.05. The lowest BCUT2D eigenvalue weighted by Crippen LogP contribution is -2.15. The highest BCUT2D eigenvalue weighted by Crippen LogP contribution is 2.18. The van der Waals surface area contributed by atoms with E-state index in [0.717, 1.165) is 6.07 Å². The van der Waals surface area contributed by atoms with E-state index < -0.39 is 26.6 Å². The first kappa shape index (κ1) is 10.1. The zero-order valence-corrected chi connectivity index (χ0v) is 7.53. The smallest absolute Gasteiger partial charge is 0.225 e. The van der Waals surface area contributed by atoms with Gasteiger partial charge < -0.3 is 0 Å². The van der Waals surface area contributed by atoms with E-state index in [2.05, 4.69) is 0 Å². The fourth-order valence-corrected chi connectivity index (χ4v) is 1.89. The number of halogens is 2. The molecule has 0 aliphatic rings. The normalized spacial score (nSPS) is 11.7. The van der Waals surface area contributed by atoms with Gasteiger partial charge in [0.1, 0.15) is 16.5 Å². The molecule has 0 fully saturated rings. The van der Waals surface area contributed by atoms with E-state index in [1.165, 1.54) is 6.92 Å². The van der Waals surface area contributed by atoms with Gasteiger partial charge in [0.2, 0.25) is 10.0 Å². The summed E-state index contributed by atoms with van der Waals surface area (Å²) in [6.45, 7) is 1.27. The molecule has 1 aromatic rings. The Morgan fingerprint density at radius 2 is 1.85 bits per heavy atom. The minimum atomic E-state index is -4.12. The van der Waals surface area contributed by atoms with Crippen LogP contribution in [0.5, 0.6) is 0 Å². The van der Waals surface area contributed by atoms with E-state index in [1.807, 2.05) is 0 Å². The molecule has 0 saturated carbocycles. The molecule has 3 nitrogen and oxygen atoms in total. The molecule has 0 heterocycles. The summed E-state index contributed by atoms with van der Waals surface area (Å²) in [4.78, 5) is -0.658. The summed E-state index contributed by atoms with van der Waals surface area (Å²) in [5.41, 5.74) is -0.0417. The molecular formula is C7H7F2NO2S. The molecule has 13 heavy (non-hydrogen) atoms. The van der Waals surface area contributed by atoms with Crippen LogP contribution in [-0.2, 0) is 10.0 Å². The second kappa shape index (κ2) is 3.04. The highest BCUT2D eigenvalue weighted by atomic mass is 32.2. The molecule has 0 aromatic heterocycles. The van der Waals surface area contributed by atoms with Gasteiger partial charge in [0.25, 0.3) is 0 Å². The van der Waals surface area contributed by atoms with Crippen molar-refractivity contribution < 1.29 is 17.2 Å². The number of rotatable bonds is 1. The van der Waals surface area contributed by atoms with Gasteiger partial charge in [0, 0.05) is 6.07 Å².